The molecule has 0 atom stereocenters. The molecule has 0 amide bonds. The lowest BCUT2D eigenvalue weighted by Gasteiger charge is -2.12. The number of hydrogen-bond acceptors (Lipinski definition) is 4. The van der Waals surface area contributed by atoms with Gasteiger partial charge < -0.3 is 10.1 Å². The van der Waals surface area contributed by atoms with Gasteiger partial charge in [0.05, 0.1) is 29.3 Å². The van der Waals surface area contributed by atoms with Crippen LogP contribution in [0, 0.1) is 26.9 Å². The molecule has 0 aromatic carbocycles. The molecule has 16 heavy (non-hydrogen) atoms. The van der Waals surface area contributed by atoms with Crippen LogP contribution in [0.15, 0.2) is 6.20 Å². The zero-order valence-electron chi connectivity index (χ0n) is 8.97. The Morgan fingerprint density at radius 1 is 1.75 bits per heavy atom. The number of aryl methyl sites for hydroxylation is 1. The molecular formula is C9H11ClN4O2. The lowest BCUT2D eigenvalue weighted by molar-refractivity contribution is -0.389. The molecule has 0 N–H and O–H groups in total. The molecule has 0 aliphatic rings. The standard InChI is InChI=1S/C9H11ClN4O2/c1-9(2,6-11)3-4-13-5-7(10)8(12-13)14(15)16/h5H,3-4H2,1-2H3. The molecule has 0 aliphatic heterocycles. The molecule has 7 heteroatoms. The average Bonchev–Trinajstić information content (AvgIpc) is 2.57. The number of aromatic nitrogens is 2. The first-order chi connectivity index (χ1) is 7.35. The van der Waals surface area contributed by atoms with Crippen molar-refractivity contribution in [3.8, 4) is 6.07 Å². The van der Waals surface area contributed by atoms with Crippen LogP contribution in [0.1, 0.15) is 20.3 Å². The molecular weight excluding hydrogens is 232 g/mol. The van der Waals surface area contributed by atoms with Gasteiger partial charge in [0.1, 0.15) is 0 Å². The van der Waals surface area contributed by atoms with E-state index in [4.69, 9.17) is 16.9 Å². The Kier molecular flexibility index (Phi) is 3.50. The Hall–Kier alpha value is -1.61. The quantitative estimate of drug-likeness (QED) is 0.599. The van der Waals surface area contributed by atoms with Crippen molar-refractivity contribution in [2.24, 2.45) is 5.41 Å². The third-order valence-electron chi connectivity index (χ3n) is 2.14. The van der Waals surface area contributed by atoms with Crippen molar-refractivity contribution in [1.82, 2.24) is 9.78 Å². The number of hydrogen-bond donors (Lipinski definition) is 0. The van der Waals surface area contributed by atoms with E-state index in [1.54, 1.807) is 13.8 Å². The van der Waals surface area contributed by atoms with Crippen molar-refractivity contribution in [2.45, 2.75) is 26.8 Å². The number of nitro groups is 1. The second kappa shape index (κ2) is 4.49. The highest BCUT2D eigenvalue weighted by Gasteiger charge is 2.21. The molecule has 1 aromatic rings. The van der Waals surface area contributed by atoms with Gasteiger partial charge in [-0.25, -0.2) is 0 Å². The monoisotopic (exact) mass is 242 g/mol. The van der Waals surface area contributed by atoms with Crippen molar-refractivity contribution in [3.63, 3.8) is 0 Å². The van der Waals surface area contributed by atoms with Crippen LogP contribution < -0.4 is 0 Å². The van der Waals surface area contributed by atoms with Crippen LogP contribution in [0.3, 0.4) is 0 Å². The summed E-state index contributed by atoms with van der Waals surface area (Å²) in [5.41, 5.74) is -0.479. The van der Waals surface area contributed by atoms with E-state index < -0.39 is 10.3 Å². The van der Waals surface area contributed by atoms with Crippen LogP contribution in [-0.2, 0) is 6.54 Å². The second-order valence-corrected chi connectivity index (χ2v) is 4.47. The number of halogens is 1. The third kappa shape index (κ3) is 2.94. The number of nitriles is 1. The fraction of sp³-hybridized carbons (Fsp3) is 0.556. The highest BCUT2D eigenvalue weighted by molar-refractivity contribution is 6.32. The summed E-state index contributed by atoms with van der Waals surface area (Å²) in [6.45, 7) is 4.02. The van der Waals surface area contributed by atoms with Crippen molar-refractivity contribution in [2.75, 3.05) is 0 Å². The van der Waals surface area contributed by atoms with Crippen molar-refractivity contribution in [1.29, 1.82) is 5.26 Å². The van der Waals surface area contributed by atoms with E-state index in [2.05, 4.69) is 11.2 Å². The van der Waals surface area contributed by atoms with E-state index in [0.29, 0.717) is 13.0 Å². The highest BCUT2D eigenvalue weighted by Crippen LogP contribution is 2.24. The molecule has 6 nitrogen and oxygen atoms in total. The van der Waals surface area contributed by atoms with Gasteiger partial charge in [-0.05, 0) is 25.2 Å². The van der Waals surface area contributed by atoms with E-state index in [0.717, 1.165) is 0 Å². The molecule has 0 radical (unpaired) electrons. The Balaban J connectivity index is 2.74. The molecule has 0 bridgehead atoms. The summed E-state index contributed by atoms with van der Waals surface area (Å²) in [5, 5.41) is 23.0. The van der Waals surface area contributed by atoms with E-state index in [1.807, 2.05) is 0 Å². The van der Waals surface area contributed by atoms with Crippen LogP contribution in [0.2, 0.25) is 5.02 Å². The van der Waals surface area contributed by atoms with Gasteiger partial charge in [-0.2, -0.15) is 9.94 Å². The summed E-state index contributed by atoms with van der Waals surface area (Å²) in [7, 11) is 0. The Morgan fingerprint density at radius 3 is 2.81 bits per heavy atom. The maximum Gasteiger partial charge on any atom is 0.408 e. The maximum atomic E-state index is 10.5. The van der Waals surface area contributed by atoms with Crippen LogP contribution in [0.4, 0.5) is 5.82 Å². The summed E-state index contributed by atoms with van der Waals surface area (Å²) in [4.78, 5) is 9.85. The summed E-state index contributed by atoms with van der Waals surface area (Å²) in [5.74, 6) is -0.351. The molecule has 0 fully saturated rings. The van der Waals surface area contributed by atoms with Gasteiger partial charge >= 0.3 is 5.82 Å². The Bertz CT molecular complexity index is 447. The van der Waals surface area contributed by atoms with E-state index >= 15 is 0 Å². The third-order valence-corrected chi connectivity index (χ3v) is 2.41. The minimum absolute atomic E-state index is 0.0137. The van der Waals surface area contributed by atoms with E-state index in [-0.39, 0.29) is 10.8 Å². The molecule has 0 aliphatic carbocycles. The maximum absolute atomic E-state index is 10.5. The van der Waals surface area contributed by atoms with Gasteiger partial charge in [-0.3, -0.25) is 0 Å². The summed E-state index contributed by atoms with van der Waals surface area (Å²) >= 11 is 5.63. The van der Waals surface area contributed by atoms with Crippen LogP contribution >= 0.6 is 11.6 Å². The van der Waals surface area contributed by atoms with E-state index in [9.17, 15) is 10.1 Å². The topological polar surface area (TPSA) is 84.8 Å². The molecule has 0 spiro atoms. The smallest absolute Gasteiger partial charge is 0.358 e. The Labute approximate surface area is 97.6 Å². The molecule has 0 saturated carbocycles. The largest absolute Gasteiger partial charge is 0.408 e. The minimum Gasteiger partial charge on any atom is -0.358 e. The summed E-state index contributed by atoms with van der Waals surface area (Å²) in [6.07, 6.45) is 1.95. The lowest BCUT2D eigenvalue weighted by atomic mass is 9.92. The van der Waals surface area contributed by atoms with Gasteiger partial charge in [0, 0.05) is 0 Å². The van der Waals surface area contributed by atoms with Crippen LogP contribution in [0.25, 0.3) is 0 Å². The number of rotatable bonds is 4. The van der Waals surface area contributed by atoms with Crippen molar-refractivity contribution < 1.29 is 4.92 Å². The van der Waals surface area contributed by atoms with Gasteiger partial charge in [0.25, 0.3) is 0 Å². The molecule has 1 aromatic heterocycles. The lowest BCUT2D eigenvalue weighted by Crippen LogP contribution is -2.12. The summed E-state index contributed by atoms with van der Waals surface area (Å²) < 4.78 is 1.39. The van der Waals surface area contributed by atoms with E-state index in [1.165, 1.54) is 10.9 Å². The molecule has 1 rings (SSSR count). The molecule has 86 valence electrons. The first-order valence-electron chi connectivity index (χ1n) is 4.64. The fourth-order valence-electron chi connectivity index (χ4n) is 1.08. The fourth-order valence-corrected chi connectivity index (χ4v) is 1.29. The molecule has 0 saturated heterocycles. The van der Waals surface area contributed by atoms with Crippen molar-refractivity contribution in [3.05, 3.63) is 21.3 Å². The minimum atomic E-state index is -0.631. The predicted molar refractivity (Wildman–Crippen MR) is 57.9 cm³/mol. The average molecular weight is 243 g/mol. The zero-order valence-corrected chi connectivity index (χ0v) is 9.73. The van der Waals surface area contributed by atoms with Crippen LogP contribution in [-0.4, -0.2) is 14.7 Å². The first-order valence-corrected chi connectivity index (χ1v) is 5.02. The molecule has 0 unspecified atom stereocenters. The first kappa shape index (κ1) is 12.5. The van der Waals surface area contributed by atoms with Crippen molar-refractivity contribution >= 4 is 17.4 Å². The normalized spacial score (nSPS) is 11.1. The molecule has 1 heterocycles. The van der Waals surface area contributed by atoms with Gasteiger partial charge in [0.2, 0.25) is 0 Å². The van der Waals surface area contributed by atoms with Gasteiger partial charge in [-0.1, -0.05) is 11.6 Å². The predicted octanol–water partition coefficient (Wildman–Crippen LogP) is 2.38. The van der Waals surface area contributed by atoms with Gasteiger partial charge in [-0.15, -0.1) is 0 Å². The van der Waals surface area contributed by atoms with Crippen LogP contribution in [0.5, 0.6) is 0 Å². The SMILES string of the molecule is CC(C)(C#N)CCn1cc(Cl)c([N+](=O)[O-])n1. The Morgan fingerprint density at radius 2 is 2.38 bits per heavy atom. The number of nitrogens with zero attached hydrogens (tertiary/aromatic N) is 4. The van der Waals surface area contributed by atoms with Gasteiger partial charge in [0.15, 0.2) is 5.02 Å². The summed E-state index contributed by atoms with van der Waals surface area (Å²) in [6, 6.07) is 2.15. The zero-order chi connectivity index (χ0) is 12.3. The second-order valence-electron chi connectivity index (χ2n) is 4.07. The highest BCUT2D eigenvalue weighted by atomic mass is 35.5.